The van der Waals surface area contributed by atoms with Gasteiger partial charge in [-0.05, 0) is 70.6 Å². The summed E-state index contributed by atoms with van der Waals surface area (Å²) < 4.78 is 34.4. The van der Waals surface area contributed by atoms with Crippen molar-refractivity contribution in [2.75, 3.05) is 47.5 Å². The summed E-state index contributed by atoms with van der Waals surface area (Å²) in [6, 6.07) is 0. The number of phosphoric acid groups is 1. The highest BCUT2D eigenvalue weighted by molar-refractivity contribution is 7.45. The zero-order valence-corrected chi connectivity index (χ0v) is 61.4. The summed E-state index contributed by atoms with van der Waals surface area (Å²) in [5.41, 5.74) is 0. The Labute approximate surface area is 564 Å². The first-order chi connectivity index (χ1) is 44.5. The number of nitrogens with zero attached hydrogens (tertiary/aromatic N) is 1. The van der Waals surface area contributed by atoms with Crippen molar-refractivity contribution in [2.24, 2.45) is 0 Å². The van der Waals surface area contributed by atoms with Gasteiger partial charge in [0.15, 0.2) is 6.10 Å². The summed E-state index contributed by atoms with van der Waals surface area (Å²) in [7, 11) is 1.18. The van der Waals surface area contributed by atoms with Crippen molar-refractivity contribution >= 4 is 19.8 Å². The first-order valence-electron chi connectivity index (χ1n) is 38.8. The van der Waals surface area contributed by atoms with Gasteiger partial charge < -0.3 is 27.9 Å². The van der Waals surface area contributed by atoms with E-state index >= 15 is 0 Å². The number of hydrogen-bond acceptors (Lipinski definition) is 8. The van der Waals surface area contributed by atoms with Gasteiger partial charge in [0.25, 0.3) is 7.82 Å². The number of carbonyl (C=O) groups excluding carboxylic acids is 2. The van der Waals surface area contributed by atoms with Crippen LogP contribution >= 0.6 is 7.82 Å². The van der Waals surface area contributed by atoms with E-state index in [-0.39, 0.29) is 32.0 Å². The quantitative estimate of drug-likeness (QED) is 0.0195. The Hall–Kier alpha value is -2.81. The van der Waals surface area contributed by atoms with Crippen LogP contribution in [-0.4, -0.2) is 70.0 Å². The Kier molecular flexibility index (Phi) is 69.3. The lowest BCUT2D eigenvalue weighted by atomic mass is 10.0. The molecule has 530 valence electrons. The SMILES string of the molecule is CC/C=C\C/C=C\C/C=C\C/C=C\C/C=C\C/C=C\C/C=C\CCCCCCCCCCCCCCCCCC(=O)OC(COC(=O)CCCCCCCCCCCCCCCCCCCCCCCCCCCCCCCC)COP(=O)([O-])OCC[N+](C)(C)C. The van der Waals surface area contributed by atoms with Crippen LogP contribution in [0.15, 0.2) is 85.1 Å². The molecule has 0 amide bonds. The summed E-state index contributed by atoms with van der Waals surface area (Å²) in [6.07, 6.45) is 98.4. The first kappa shape index (κ1) is 88.2. The van der Waals surface area contributed by atoms with E-state index in [0.717, 1.165) is 83.5 Å². The van der Waals surface area contributed by atoms with Gasteiger partial charge in [-0.15, -0.1) is 0 Å². The maximum absolute atomic E-state index is 12.9. The molecule has 0 fully saturated rings. The summed E-state index contributed by atoms with van der Waals surface area (Å²) in [5, 5.41) is 0. The third kappa shape index (κ3) is 76.1. The highest BCUT2D eigenvalue weighted by atomic mass is 31.2. The van der Waals surface area contributed by atoms with Crippen molar-refractivity contribution in [2.45, 2.75) is 373 Å². The molecule has 0 spiro atoms. The van der Waals surface area contributed by atoms with Crippen molar-refractivity contribution in [3.05, 3.63) is 85.1 Å². The molecule has 0 aromatic carbocycles. The van der Waals surface area contributed by atoms with Crippen LogP contribution in [0.2, 0.25) is 0 Å². The van der Waals surface area contributed by atoms with Gasteiger partial charge in [0, 0.05) is 12.8 Å². The zero-order chi connectivity index (χ0) is 66.2. The number of likely N-dealkylation sites (N-methyl/N-ethyl adjacent to an activating group) is 1. The number of hydrogen-bond donors (Lipinski definition) is 0. The molecule has 9 nitrogen and oxygen atoms in total. The Balaban J connectivity index is 3.97. The smallest absolute Gasteiger partial charge is 0.306 e. The van der Waals surface area contributed by atoms with Gasteiger partial charge in [0.2, 0.25) is 0 Å². The predicted molar refractivity (Wildman–Crippen MR) is 393 cm³/mol. The van der Waals surface area contributed by atoms with Crippen LogP contribution in [0.1, 0.15) is 367 Å². The fourth-order valence-corrected chi connectivity index (χ4v) is 12.0. The van der Waals surface area contributed by atoms with E-state index in [4.69, 9.17) is 18.5 Å². The first-order valence-corrected chi connectivity index (χ1v) is 40.3. The van der Waals surface area contributed by atoms with Gasteiger partial charge in [0.05, 0.1) is 27.7 Å². The van der Waals surface area contributed by atoms with Crippen LogP contribution < -0.4 is 4.89 Å². The molecule has 0 rings (SSSR count). The van der Waals surface area contributed by atoms with Crippen molar-refractivity contribution in [3.8, 4) is 0 Å². The van der Waals surface area contributed by atoms with Gasteiger partial charge in [-0.3, -0.25) is 14.2 Å². The van der Waals surface area contributed by atoms with Crippen molar-refractivity contribution < 1.29 is 42.1 Å². The number of ether oxygens (including phenoxy) is 2. The normalized spacial score (nSPS) is 13.5. The molecule has 2 atom stereocenters. The minimum absolute atomic E-state index is 0.0307. The molecule has 91 heavy (non-hydrogen) atoms. The molecule has 0 aliphatic rings. The summed E-state index contributed by atoms with van der Waals surface area (Å²) >= 11 is 0. The van der Waals surface area contributed by atoms with Gasteiger partial charge in [-0.2, -0.15) is 0 Å². The van der Waals surface area contributed by atoms with Gasteiger partial charge >= 0.3 is 11.9 Å². The number of allylic oxidation sites excluding steroid dienone is 14. The second kappa shape index (κ2) is 71.5. The molecule has 10 heteroatoms. The molecule has 0 aliphatic heterocycles. The van der Waals surface area contributed by atoms with Crippen LogP contribution in [-0.2, 0) is 32.7 Å². The van der Waals surface area contributed by atoms with E-state index in [9.17, 15) is 19.0 Å². The molecule has 0 N–H and O–H groups in total. The Morgan fingerprint density at radius 3 is 0.934 bits per heavy atom. The molecule has 0 aliphatic carbocycles. The molecule has 0 aromatic heterocycles. The van der Waals surface area contributed by atoms with E-state index < -0.39 is 26.5 Å². The third-order valence-corrected chi connectivity index (χ3v) is 18.1. The van der Waals surface area contributed by atoms with E-state index in [0.29, 0.717) is 17.4 Å². The van der Waals surface area contributed by atoms with Crippen LogP contribution in [0.25, 0.3) is 0 Å². The predicted octanol–water partition coefficient (Wildman–Crippen LogP) is 25.0. The molecule has 0 saturated carbocycles. The lowest BCUT2D eigenvalue weighted by molar-refractivity contribution is -0.870. The molecule has 0 saturated heterocycles. The van der Waals surface area contributed by atoms with Gasteiger partial charge in [-0.25, -0.2) is 0 Å². The van der Waals surface area contributed by atoms with Crippen LogP contribution in [0.4, 0.5) is 0 Å². The second-order valence-electron chi connectivity index (χ2n) is 27.4. The molecule has 0 radical (unpaired) electrons. The van der Waals surface area contributed by atoms with Crippen LogP contribution in [0, 0.1) is 0 Å². The van der Waals surface area contributed by atoms with Crippen molar-refractivity contribution in [3.63, 3.8) is 0 Å². The molecular formula is C81H148NO8P. The summed E-state index contributed by atoms with van der Waals surface area (Å²) in [6.45, 7) is 4.19. The number of unbranched alkanes of at least 4 members (excludes halogenated alkanes) is 44. The number of esters is 2. The second-order valence-corrected chi connectivity index (χ2v) is 28.8. The fourth-order valence-electron chi connectivity index (χ4n) is 11.3. The number of quaternary nitrogens is 1. The Bertz CT molecular complexity index is 1810. The molecule has 0 heterocycles. The highest BCUT2D eigenvalue weighted by Crippen LogP contribution is 2.38. The van der Waals surface area contributed by atoms with Crippen LogP contribution in [0.5, 0.6) is 0 Å². The van der Waals surface area contributed by atoms with Gasteiger partial charge in [-0.1, -0.05) is 369 Å². The topological polar surface area (TPSA) is 111 Å². The average Bonchev–Trinajstić information content (AvgIpc) is 3.69. The minimum Gasteiger partial charge on any atom is -0.756 e. The van der Waals surface area contributed by atoms with Crippen molar-refractivity contribution in [1.29, 1.82) is 0 Å². The zero-order valence-electron chi connectivity index (χ0n) is 60.5. The highest BCUT2D eigenvalue weighted by Gasteiger charge is 2.22. The average molecular weight is 1300 g/mol. The number of carbonyl (C=O) groups is 2. The number of rotatable bonds is 72. The largest absolute Gasteiger partial charge is 0.756 e. The lowest BCUT2D eigenvalue weighted by Crippen LogP contribution is -2.37. The Morgan fingerprint density at radius 2 is 0.626 bits per heavy atom. The molecular weight excluding hydrogens is 1150 g/mol. The van der Waals surface area contributed by atoms with Crippen molar-refractivity contribution in [1.82, 2.24) is 0 Å². The lowest BCUT2D eigenvalue weighted by Gasteiger charge is -2.28. The summed E-state index contributed by atoms with van der Waals surface area (Å²) in [4.78, 5) is 38.2. The molecule has 0 aromatic rings. The van der Waals surface area contributed by atoms with E-state index in [1.165, 1.54) is 250 Å². The van der Waals surface area contributed by atoms with Crippen LogP contribution in [0.3, 0.4) is 0 Å². The third-order valence-electron chi connectivity index (χ3n) is 17.2. The molecule has 0 bridgehead atoms. The Morgan fingerprint density at radius 1 is 0.352 bits per heavy atom. The van der Waals surface area contributed by atoms with E-state index in [1.54, 1.807) is 0 Å². The van der Waals surface area contributed by atoms with E-state index in [2.05, 4.69) is 98.9 Å². The van der Waals surface area contributed by atoms with Gasteiger partial charge in [0.1, 0.15) is 19.8 Å². The molecule has 2 unspecified atom stereocenters. The fraction of sp³-hybridized carbons (Fsp3) is 0.802. The minimum atomic E-state index is -4.65. The maximum atomic E-state index is 12.9. The standard InChI is InChI=1S/C81H148NO8P/c1-6-8-10-12-14-16-18-20-22-24-26-28-30-32-34-36-38-39-40-41-42-43-44-46-48-50-52-54-56-58-60-62-64-66-68-70-72-74-81(84)90-79(78-89-91(85,86)88-76-75-82(3,4)5)77-87-80(83)73-71-69-67-65-63-61-59-57-55-53-51-49-47-45-37-35-33-31-29-27-25-23-21-19-17-15-13-11-9-7-2/h8,10,14,16,20,22,26,28,32,34,38-39,41-42,79H,6-7,9,11-13,15,17-19,21,23-25,27,29-31,33,35-37,40,43-78H2,1-5H3/b10-8-,16-14-,22-20-,28-26-,34-32-,39-38-,42-41-. The number of phosphoric ester groups is 1. The maximum Gasteiger partial charge on any atom is 0.306 e. The monoisotopic (exact) mass is 1290 g/mol. The van der Waals surface area contributed by atoms with E-state index in [1.807, 2.05) is 21.1 Å². The summed E-state index contributed by atoms with van der Waals surface area (Å²) in [5.74, 6) is -0.817.